The number of nitrogens with zero attached hydrogens (tertiary/aromatic N) is 2. The molecule has 0 saturated carbocycles. The largest absolute Gasteiger partial charge is 0.453 e. The van der Waals surface area contributed by atoms with Gasteiger partial charge in [0.2, 0.25) is 0 Å². The van der Waals surface area contributed by atoms with Crippen LogP contribution in [0.5, 0.6) is 0 Å². The van der Waals surface area contributed by atoms with Crippen molar-refractivity contribution >= 4 is 16.8 Å². The number of Topliss-reactive ketones (excluding diaryl/α,β-unsaturated/α-hetero) is 1. The van der Waals surface area contributed by atoms with Gasteiger partial charge in [0.05, 0.1) is 0 Å². The van der Waals surface area contributed by atoms with E-state index >= 15 is 0 Å². The van der Waals surface area contributed by atoms with E-state index in [2.05, 4.69) is 5.10 Å². The van der Waals surface area contributed by atoms with E-state index in [0.29, 0.717) is 18.6 Å². The molecule has 0 amide bonds. The van der Waals surface area contributed by atoms with Gasteiger partial charge in [-0.15, -0.1) is 0 Å². The van der Waals surface area contributed by atoms with E-state index in [1.54, 1.807) is 10.9 Å². The van der Waals surface area contributed by atoms with Gasteiger partial charge in [0.1, 0.15) is 5.58 Å². The molecule has 0 unspecified atom stereocenters. The van der Waals surface area contributed by atoms with Gasteiger partial charge in [0.25, 0.3) is 0 Å². The molecule has 0 bridgehead atoms. The molecule has 1 aromatic carbocycles. The molecule has 4 nitrogen and oxygen atoms in total. The summed E-state index contributed by atoms with van der Waals surface area (Å²) in [4.78, 5) is 12.2. The second kappa shape index (κ2) is 4.96. The van der Waals surface area contributed by atoms with E-state index < -0.39 is 0 Å². The number of hydrogen-bond donors (Lipinski definition) is 0. The molecule has 0 fully saturated rings. The highest BCUT2D eigenvalue weighted by atomic mass is 16.3. The van der Waals surface area contributed by atoms with Crippen LogP contribution in [0.1, 0.15) is 28.2 Å². The van der Waals surface area contributed by atoms with Gasteiger partial charge >= 0.3 is 0 Å². The van der Waals surface area contributed by atoms with E-state index in [0.717, 1.165) is 22.2 Å². The van der Waals surface area contributed by atoms with Crippen LogP contribution in [0.25, 0.3) is 11.0 Å². The molecule has 3 rings (SSSR count). The lowest BCUT2D eigenvalue weighted by Gasteiger charge is -1.99. The zero-order chi connectivity index (χ0) is 14.1. The van der Waals surface area contributed by atoms with E-state index in [-0.39, 0.29) is 5.78 Å². The first-order valence-electron chi connectivity index (χ1n) is 6.64. The van der Waals surface area contributed by atoms with Gasteiger partial charge in [-0.2, -0.15) is 5.10 Å². The number of benzene rings is 1. The lowest BCUT2D eigenvalue weighted by Crippen LogP contribution is -2.03. The van der Waals surface area contributed by atoms with Crippen molar-refractivity contribution < 1.29 is 9.21 Å². The molecule has 4 heteroatoms. The minimum atomic E-state index is 0.0278. The Bertz CT molecular complexity index is 768. The number of aromatic nitrogens is 2. The molecule has 0 spiro atoms. The number of hydrogen-bond acceptors (Lipinski definition) is 3. The van der Waals surface area contributed by atoms with Crippen LogP contribution in [0, 0.1) is 6.92 Å². The monoisotopic (exact) mass is 268 g/mol. The minimum absolute atomic E-state index is 0.0278. The Balaban J connectivity index is 1.77. The summed E-state index contributed by atoms with van der Waals surface area (Å²) in [5.74, 6) is 0.466. The summed E-state index contributed by atoms with van der Waals surface area (Å²) in [7, 11) is 1.88. The highest BCUT2D eigenvalue weighted by molar-refractivity contribution is 5.97. The van der Waals surface area contributed by atoms with Crippen molar-refractivity contribution in [2.24, 2.45) is 7.05 Å². The van der Waals surface area contributed by atoms with Gasteiger partial charge in [-0.25, -0.2) is 0 Å². The Kier molecular flexibility index (Phi) is 3.14. The SMILES string of the molecule is Cc1ccc2oc(C(=O)CCc3ccnn3C)cc2c1. The van der Waals surface area contributed by atoms with Gasteiger partial charge in [0, 0.05) is 30.7 Å². The fourth-order valence-corrected chi connectivity index (χ4v) is 2.31. The van der Waals surface area contributed by atoms with Crippen molar-refractivity contribution in [3.8, 4) is 0 Å². The highest BCUT2D eigenvalue weighted by Gasteiger charge is 2.13. The third-order valence-corrected chi connectivity index (χ3v) is 3.48. The number of furan rings is 1. The fourth-order valence-electron chi connectivity index (χ4n) is 2.31. The Morgan fingerprint density at radius 1 is 1.30 bits per heavy atom. The van der Waals surface area contributed by atoms with Gasteiger partial charge in [-0.1, -0.05) is 11.6 Å². The lowest BCUT2D eigenvalue weighted by atomic mass is 10.1. The summed E-state index contributed by atoms with van der Waals surface area (Å²) in [5, 5.41) is 5.07. The van der Waals surface area contributed by atoms with Gasteiger partial charge < -0.3 is 4.42 Å². The Hall–Kier alpha value is -2.36. The minimum Gasteiger partial charge on any atom is -0.453 e. The topological polar surface area (TPSA) is 48.0 Å². The second-order valence-corrected chi connectivity index (χ2v) is 5.02. The first-order chi connectivity index (χ1) is 9.63. The number of carbonyl (C=O) groups is 1. The van der Waals surface area contributed by atoms with Crippen LogP contribution in [0.3, 0.4) is 0 Å². The molecule has 3 aromatic rings. The van der Waals surface area contributed by atoms with Crippen LogP contribution in [-0.2, 0) is 13.5 Å². The zero-order valence-electron chi connectivity index (χ0n) is 11.6. The first kappa shape index (κ1) is 12.7. The van der Waals surface area contributed by atoms with E-state index in [9.17, 15) is 4.79 Å². The Morgan fingerprint density at radius 2 is 2.15 bits per heavy atom. The molecule has 0 saturated heterocycles. The molecule has 2 heterocycles. The molecule has 0 aliphatic rings. The Labute approximate surface area is 117 Å². The molecule has 0 radical (unpaired) electrons. The predicted octanol–water partition coefficient (Wildman–Crippen LogP) is 3.29. The van der Waals surface area contributed by atoms with Crippen molar-refractivity contribution in [3.05, 3.63) is 53.5 Å². The van der Waals surface area contributed by atoms with Crippen LogP contribution >= 0.6 is 0 Å². The summed E-state index contributed by atoms with van der Waals surface area (Å²) in [6.45, 7) is 2.02. The molecular formula is C16H16N2O2. The summed E-state index contributed by atoms with van der Waals surface area (Å²) in [6.07, 6.45) is 2.84. The van der Waals surface area contributed by atoms with Crippen molar-refractivity contribution in [2.75, 3.05) is 0 Å². The Morgan fingerprint density at radius 3 is 2.90 bits per heavy atom. The third-order valence-electron chi connectivity index (χ3n) is 3.48. The van der Waals surface area contributed by atoms with E-state index in [4.69, 9.17) is 4.42 Å². The van der Waals surface area contributed by atoms with Crippen LogP contribution in [0.4, 0.5) is 0 Å². The van der Waals surface area contributed by atoms with Gasteiger partial charge in [-0.3, -0.25) is 9.48 Å². The number of fused-ring (bicyclic) bond motifs is 1. The maximum absolute atomic E-state index is 12.2. The molecular weight excluding hydrogens is 252 g/mol. The summed E-state index contributed by atoms with van der Waals surface area (Å²) < 4.78 is 7.40. The van der Waals surface area contributed by atoms with Crippen LogP contribution < -0.4 is 0 Å². The first-order valence-corrected chi connectivity index (χ1v) is 6.64. The van der Waals surface area contributed by atoms with Gasteiger partial charge in [-0.05, 0) is 37.6 Å². The standard InChI is InChI=1S/C16H16N2O2/c1-11-3-6-15-12(9-11)10-16(20-15)14(19)5-4-13-7-8-17-18(13)2/h3,6-10H,4-5H2,1-2H3. The smallest absolute Gasteiger partial charge is 0.198 e. The van der Waals surface area contributed by atoms with Crippen molar-refractivity contribution in [1.82, 2.24) is 9.78 Å². The summed E-state index contributed by atoms with van der Waals surface area (Å²) in [6, 6.07) is 9.66. The zero-order valence-corrected chi connectivity index (χ0v) is 11.6. The molecule has 0 aliphatic heterocycles. The maximum Gasteiger partial charge on any atom is 0.198 e. The van der Waals surface area contributed by atoms with Crippen molar-refractivity contribution in [1.29, 1.82) is 0 Å². The number of rotatable bonds is 4. The molecule has 2 aromatic heterocycles. The normalized spacial score (nSPS) is 11.1. The summed E-state index contributed by atoms with van der Waals surface area (Å²) >= 11 is 0. The molecule has 0 N–H and O–H groups in total. The third kappa shape index (κ3) is 2.37. The van der Waals surface area contributed by atoms with Gasteiger partial charge in [0.15, 0.2) is 11.5 Å². The maximum atomic E-state index is 12.2. The average Bonchev–Trinajstić information content (AvgIpc) is 3.01. The second-order valence-electron chi connectivity index (χ2n) is 5.02. The predicted molar refractivity (Wildman–Crippen MR) is 76.8 cm³/mol. The molecule has 20 heavy (non-hydrogen) atoms. The quantitative estimate of drug-likeness (QED) is 0.682. The van der Waals surface area contributed by atoms with E-state index in [1.165, 1.54) is 0 Å². The van der Waals surface area contributed by atoms with Crippen molar-refractivity contribution in [3.63, 3.8) is 0 Å². The highest BCUT2D eigenvalue weighted by Crippen LogP contribution is 2.22. The average molecular weight is 268 g/mol. The number of ketones is 1. The van der Waals surface area contributed by atoms with Crippen LogP contribution in [0.2, 0.25) is 0 Å². The molecule has 0 atom stereocenters. The number of carbonyl (C=O) groups excluding carboxylic acids is 1. The molecule has 0 aliphatic carbocycles. The van der Waals surface area contributed by atoms with Crippen molar-refractivity contribution in [2.45, 2.75) is 19.8 Å². The summed E-state index contributed by atoms with van der Waals surface area (Å²) in [5.41, 5.74) is 2.97. The van der Waals surface area contributed by atoms with Crippen LogP contribution in [-0.4, -0.2) is 15.6 Å². The fraction of sp³-hybridized carbons (Fsp3) is 0.250. The van der Waals surface area contributed by atoms with E-state index in [1.807, 2.05) is 44.3 Å². The number of aryl methyl sites for hydroxylation is 3. The molecule has 102 valence electrons. The lowest BCUT2D eigenvalue weighted by molar-refractivity contribution is 0.0957. The van der Waals surface area contributed by atoms with Crippen LogP contribution in [0.15, 0.2) is 40.9 Å².